The number of carbonyl (C=O) groups excluding carboxylic acids is 1. The summed E-state index contributed by atoms with van der Waals surface area (Å²) in [7, 11) is 0. The highest BCUT2D eigenvalue weighted by atomic mass is 19.3. The lowest BCUT2D eigenvalue weighted by atomic mass is 9.75. The number of anilines is 1. The van der Waals surface area contributed by atoms with Gasteiger partial charge in [-0.15, -0.1) is 0 Å². The number of piperidine rings is 1. The first-order chi connectivity index (χ1) is 11.3. The Kier molecular flexibility index (Phi) is 4.40. The summed E-state index contributed by atoms with van der Waals surface area (Å²) < 4.78 is 29.5. The predicted molar refractivity (Wildman–Crippen MR) is 90.5 cm³/mol. The van der Waals surface area contributed by atoms with Gasteiger partial charge in [-0.3, -0.25) is 0 Å². The first-order valence-corrected chi connectivity index (χ1v) is 8.56. The molecule has 2 amide bonds. The molecule has 1 aromatic carbocycles. The van der Waals surface area contributed by atoms with E-state index in [1.165, 1.54) is 0 Å². The Bertz CT molecular complexity index is 593. The lowest BCUT2D eigenvalue weighted by Crippen LogP contribution is -2.60. The Morgan fingerprint density at radius 2 is 1.83 bits per heavy atom. The minimum atomic E-state index is -2.74. The van der Waals surface area contributed by atoms with Crippen molar-refractivity contribution in [3.05, 3.63) is 30.3 Å². The molecular formula is C18H25F2N3O. The van der Waals surface area contributed by atoms with Gasteiger partial charge in [0.2, 0.25) is 0 Å². The zero-order valence-corrected chi connectivity index (χ0v) is 14.3. The number of nitrogens with one attached hydrogen (secondary N) is 1. The number of para-hydroxylation sites is 1. The summed E-state index contributed by atoms with van der Waals surface area (Å²) in [5.74, 6) is -2.74. The molecule has 0 bridgehead atoms. The van der Waals surface area contributed by atoms with Gasteiger partial charge < -0.3 is 15.1 Å². The molecule has 2 saturated heterocycles. The van der Waals surface area contributed by atoms with E-state index in [2.05, 4.69) is 5.32 Å². The Morgan fingerprint density at radius 3 is 2.50 bits per heavy atom. The fourth-order valence-electron chi connectivity index (χ4n) is 3.77. The van der Waals surface area contributed by atoms with Crippen LogP contribution in [0.15, 0.2) is 30.3 Å². The number of amides is 2. The number of urea groups is 1. The number of hydrogen-bond acceptors (Lipinski definition) is 2. The van der Waals surface area contributed by atoms with Crippen molar-refractivity contribution in [1.82, 2.24) is 10.2 Å². The van der Waals surface area contributed by atoms with Crippen molar-refractivity contribution in [3.63, 3.8) is 0 Å². The maximum Gasteiger partial charge on any atom is 0.317 e. The number of rotatable bonds is 2. The minimum absolute atomic E-state index is 0.000261. The molecule has 2 aliphatic heterocycles. The second-order valence-corrected chi connectivity index (χ2v) is 7.27. The van der Waals surface area contributed by atoms with E-state index in [-0.39, 0.29) is 38.1 Å². The monoisotopic (exact) mass is 337 g/mol. The lowest BCUT2D eigenvalue weighted by Gasteiger charge is -2.46. The van der Waals surface area contributed by atoms with Gasteiger partial charge >= 0.3 is 6.03 Å². The van der Waals surface area contributed by atoms with E-state index in [4.69, 9.17) is 0 Å². The molecule has 1 spiro atoms. The van der Waals surface area contributed by atoms with Gasteiger partial charge in [-0.25, -0.2) is 13.6 Å². The van der Waals surface area contributed by atoms with E-state index < -0.39 is 11.3 Å². The van der Waals surface area contributed by atoms with Crippen molar-refractivity contribution in [1.29, 1.82) is 0 Å². The van der Waals surface area contributed by atoms with Crippen molar-refractivity contribution in [2.24, 2.45) is 5.41 Å². The number of carbonyl (C=O) groups is 1. The van der Waals surface area contributed by atoms with Crippen LogP contribution in [0.1, 0.15) is 26.7 Å². The second kappa shape index (κ2) is 6.22. The predicted octanol–water partition coefficient (Wildman–Crippen LogP) is 3.34. The van der Waals surface area contributed by atoms with Gasteiger partial charge in [0, 0.05) is 44.3 Å². The molecular weight excluding hydrogens is 312 g/mol. The summed E-state index contributed by atoms with van der Waals surface area (Å²) in [5, 5.41) is 2.82. The van der Waals surface area contributed by atoms with E-state index in [9.17, 15) is 13.6 Å². The average molecular weight is 337 g/mol. The first kappa shape index (κ1) is 17.0. The van der Waals surface area contributed by atoms with E-state index >= 15 is 0 Å². The first-order valence-electron chi connectivity index (χ1n) is 8.56. The fourth-order valence-corrected chi connectivity index (χ4v) is 3.77. The summed E-state index contributed by atoms with van der Waals surface area (Å²) in [4.78, 5) is 15.8. The largest absolute Gasteiger partial charge is 0.371 e. The van der Waals surface area contributed by atoms with Gasteiger partial charge in [-0.1, -0.05) is 18.2 Å². The molecule has 2 aliphatic rings. The summed E-state index contributed by atoms with van der Waals surface area (Å²) in [5.41, 5.74) is -0.191. The highest BCUT2D eigenvalue weighted by molar-refractivity contribution is 5.74. The molecule has 1 aromatic rings. The van der Waals surface area contributed by atoms with Crippen LogP contribution < -0.4 is 10.2 Å². The van der Waals surface area contributed by atoms with Crippen LogP contribution in [0.25, 0.3) is 0 Å². The molecule has 0 saturated carbocycles. The van der Waals surface area contributed by atoms with Gasteiger partial charge in [0.25, 0.3) is 5.92 Å². The molecule has 2 fully saturated rings. The summed E-state index contributed by atoms with van der Waals surface area (Å²) >= 11 is 0. The van der Waals surface area contributed by atoms with Crippen LogP contribution in [0.4, 0.5) is 19.3 Å². The van der Waals surface area contributed by atoms with E-state index in [0.29, 0.717) is 13.0 Å². The SMILES string of the molecule is CC(C)NC(=O)N1CCC(F)(F)C2(CCN(c3ccccc3)C2)C1. The Hall–Kier alpha value is -1.85. The van der Waals surface area contributed by atoms with E-state index in [1.807, 2.05) is 49.1 Å². The number of benzene rings is 1. The smallest absolute Gasteiger partial charge is 0.317 e. The van der Waals surface area contributed by atoms with Crippen molar-refractivity contribution >= 4 is 11.7 Å². The maximum absolute atomic E-state index is 14.8. The van der Waals surface area contributed by atoms with Crippen LogP contribution in [0.2, 0.25) is 0 Å². The Morgan fingerprint density at radius 1 is 1.12 bits per heavy atom. The van der Waals surface area contributed by atoms with Gasteiger partial charge in [0.1, 0.15) is 0 Å². The number of alkyl halides is 2. The third kappa shape index (κ3) is 3.06. The Balaban J connectivity index is 1.78. The summed E-state index contributed by atoms with van der Waals surface area (Å²) in [6.07, 6.45) is 0.140. The molecule has 1 unspecified atom stereocenters. The maximum atomic E-state index is 14.8. The molecule has 0 aliphatic carbocycles. The minimum Gasteiger partial charge on any atom is -0.371 e. The van der Waals surface area contributed by atoms with E-state index in [0.717, 1.165) is 5.69 Å². The quantitative estimate of drug-likeness (QED) is 0.898. The number of nitrogens with zero attached hydrogens (tertiary/aromatic N) is 2. The lowest BCUT2D eigenvalue weighted by molar-refractivity contribution is -0.149. The topological polar surface area (TPSA) is 35.6 Å². The molecule has 0 radical (unpaired) electrons. The number of likely N-dealkylation sites (tertiary alicyclic amines) is 1. The molecule has 132 valence electrons. The van der Waals surface area contributed by atoms with Crippen molar-refractivity contribution in [2.75, 3.05) is 31.1 Å². The molecule has 3 rings (SSSR count). The standard InChI is InChI=1S/C18H25F2N3O/c1-14(2)21-16(24)23-11-9-18(19,20)17(13-23)8-10-22(12-17)15-6-4-3-5-7-15/h3-7,14H,8-13H2,1-2H3,(H,21,24). The van der Waals surface area contributed by atoms with Crippen LogP contribution in [-0.2, 0) is 0 Å². The molecule has 1 N–H and O–H groups in total. The third-order valence-corrected chi connectivity index (χ3v) is 5.14. The molecule has 6 heteroatoms. The third-order valence-electron chi connectivity index (χ3n) is 5.14. The highest BCUT2D eigenvalue weighted by Crippen LogP contribution is 2.50. The van der Waals surface area contributed by atoms with Gasteiger partial charge in [0.15, 0.2) is 0 Å². The Labute approximate surface area is 141 Å². The van der Waals surface area contributed by atoms with Gasteiger partial charge in [0.05, 0.1) is 5.41 Å². The normalized spacial score (nSPS) is 26.2. The second-order valence-electron chi connectivity index (χ2n) is 7.27. The van der Waals surface area contributed by atoms with Crippen LogP contribution in [0.5, 0.6) is 0 Å². The zero-order chi connectivity index (χ0) is 17.4. The fraction of sp³-hybridized carbons (Fsp3) is 0.611. The average Bonchev–Trinajstić information content (AvgIpc) is 2.96. The summed E-state index contributed by atoms with van der Waals surface area (Å²) in [6, 6.07) is 9.41. The van der Waals surface area contributed by atoms with Crippen LogP contribution in [0, 0.1) is 5.41 Å². The van der Waals surface area contributed by atoms with Crippen molar-refractivity contribution < 1.29 is 13.6 Å². The van der Waals surface area contributed by atoms with Crippen molar-refractivity contribution in [2.45, 2.75) is 38.7 Å². The van der Waals surface area contributed by atoms with Crippen LogP contribution in [-0.4, -0.2) is 49.1 Å². The molecule has 1 atom stereocenters. The van der Waals surface area contributed by atoms with Gasteiger partial charge in [-0.05, 0) is 32.4 Å². The molecule has 2 heterocycles. The van der Waals surface area contributed by atoms with Crippen LogP contribution in [0.3, 0.4) is 0 Å². The summed E-state index contributed by atoms with van der Waals surface area (Å²) in [6.45, 7) is 4.85. The number of halogens is 2. The number of hydrogen-bond donors (Lipinski definition) is 1. The van der Waals surface area contributed by atoms with E-state index in [1.54, 1.807) is 4.90 Å². The van der Waals surface area contributed by atoms with Crippen molar-refractivity contribution in [3.8, 4) is 0 Å². The zero-order valence-electron chi connectivity index (χ0n) is 14.3. The molecule has 24 heavy (non-hydrogen) atoms. The van der Waals surface area contributed by atoms with Crippen LogP contribution >= 0.6 is 0 Å². The highest BCUT2D eigenvalue weighted by Gasteiger charge is 2.60. The molecule has 0 aromatic heterocycles. The van der Waals surface area contributed by atoms with Gasteiger partial charge in [-0.2, -0.15) is 0 Å². The molecule has 4 nitrogen and oxygen atoms in total.